The largest absolute Gasteiger partial charge is 0.504 e. The Bertz CT molecular complexity index is 1820. The molecule has 9 unspecified atom stereocenters. The number of fused-ring (bicyclic) bond motifs is 2. The van der Waals surface area contributed by atoms with Gasteiger partial charge in [-0.2, -0.15) is 0 Å². The van der Waals surface area contributed by atoms with Crippen molar-refractivity contribution in [2.45, 2.75) is 80.9 Å². The molecule has 9 atom stereocenters. The fourth-order valence-electron chi connectivity index (χ4n) is 10.5. The maximum Gasteiger partial charge on any atom is 0.160 e. The summed E-state index contributed by atoms with van der Waals surface area (Å²) >= 11 is 0. The summed E-state index contributed by atoms with van der Waals surface area (Å²) in [5.74, 6) is 5.91. The Morgan fingerprint density at radius 1 is 0.980 bits per heavy atom. The molecule has 0 amide bonds. The average molecular weight is 695 g/mol. The number of benzene rings is 3. The van der Waals surface area contributed by atoms with E-state index in [9.17, 15) is 30.3 Å². The topological polar surface area (TPSA) is 152 Å². The fourth-order valence-corrected chi connectivity index (χ4v) is 10.5. The number of carbonyl (C=O) groups excluding carboxylic acids is 1. The molecule has 0 aromatic heterocycles. The maximum atomic E-state index is 14.3. The lowest BCUT2D eigenvalue weighted by atomic mass is 9.44. The Morgan fingerprint density at radius 3 is 2.51 bits per heavy atom. The van der Waals surface area contributed by atoms with Crippen LogP contribution in [-0.4, -0.2) is 70.7 Å². The number of ketones is 1. The second-order valence-electron chi connectivity index (χ2n) is 15.2. The minimum Gasteiger partial charge on any atom is -0.504 e. The summed E-state index contributed by atoms with van der Waals surface area (Å²) in [5, 5.41) is 62.4. The van der Waals surface area contributed by atoms with E-state index in [1.54, 1.807) is 18.2 Å². The Hall–Kier alpha value is -4.07. The highest BCUT2D eigenvalue weighted by Crippen LogP contribution is 2.62. The lowest BCUT2D eigenvalue weighted by molar-refractivity contribution is -0.125. The predicted octanol–water partition coefficient (Wildman–Crippen LogP) is 4.62. The molecule has 1 aliphatic heterocycles. The highest BCUT2D eigenvalue weighted by atomic mass is 16.5. The first-order valence-corrected chi connectivity index (χ1v) is 18.4. The summed E-state index contributed by atoms with van der Waals surface area (Å²) in [6, 6.07) is 16.7. The molecule has 3 aromatic carbocycles. The standard InChI is InChI=1S/C42H50N2O7/c1-43-21-27-14-29-9-6-10-40-42(29,34-20-36(48)35(47)18-33(27)34)41-26(22-44-40)12-11-25(13-24-7-4-3-5-8-24)31(16-30(46)17-38(41)50)32-19-39(51-2)37(49)15-28(32)23-45/h3-5,7-8,15,18-20,25-27,29,31,38,40-41,43-45,47-50H,6,9-10,13-14,16-17,21-23H2,1-2H3. The molecule has 9 nitrogen and oxygen atoms in total. The number of Topliss-reactive ketones (excluding diaryl/α,β-unsaturated/α-hetero) is 1. The second-order valence-corrected chi connectivity index (χ2v) is 15.2. The SMILES string of the molecule is CNCC1CC2CCCC3NCC4C#CC(Cc5ccccc5)C(c5cc(OC)c(O)cc5CO)CC(=O)CC(O)C4C23c2cc(O)c(O)cc21. The molecule has 51 heavy (non-hydrogen) atoms. The zero-order valence-electron chi connectivity index (χ0n) is 29.4. The van der Waals surface area contributed by atoms with Crippen LogP contribution in [0.25, 0.3) is 0 Å². The van der Waals surface area contributed by atoms with Gasteiger partial charge in [-0.3, -0.25) is 4.79 Å². The van der Waals surface area contributed by atoms with Gasteiger partial charge in [-0.05, 0) is 96.6 Å². The number of hydrogen-bond acceptors (Lipinski definition) is 9. The molecule has 7 rings (SSSR count). The maximum absolute atomic E-state index is 14.3. The van der Waals surface area contributed by atoms with E-state index in [0.29, 0.717) is 24.1 Å². The number of phenols is 3. The molecule has 7 N–H and O–H groups in total. The van der Waals surface area contributed by atoms with Crippen molar-refractivity contribution in [3.05, 3.63) is 82.4 Å². The number of likely N-dealkylation sites (N-methyl/N-ethyl adjacent to an activating group) is 1. The first-order valence-electron chi connectivity index (χ1n) is 18.4. The van der Waals surface area contributed by atoms with Gasteiger partial charge >= 0.3 is 0 Å². The van der Waals surface area contributed by atoms with Crippen LogP contribution in [-0.2, 0) is 23.2 Å². The van der Waals surface area contributed by atoms with Crippen molar-refractivity contribution < 1.29 is 35.1 Å². The molecular weight excluding hydrogens is 644 g/mol. The minimum absolute atomic E-state index is 0.00894. The van der Waals surface area contributed by atoms with Crippen LogP contribution in [0.2, 0.25) is 0 Å². The number of ether oxygens (including phenoxy) is 1. The first kappa shape index (κ1) is 35.3. The van der Waals surface area contributed by atoms with Gasteiger partial charge < -0.3 is 40.9 Å². The third-order valence-electron chi connectivity index (χ3n) is 12.5. The van der Waals surface area contributed by atoms with E-state index in [1.165, 1.54) is 13.2 Å². The quantitative estimate of drug-likeness (QED) is 0.139. The summed E-state index contributed by atoms with van der Waals surface area (Å²) in [4.78, 5) is 14.3. The van der Waals surface area contributed by atoms with Crippen molar-refractivity contribution in [2.24, 2.45) is 23.7 Å². The number of nitrogens with one attached hydrogen (secondary N) is 2. The van der Waals surface area contributed by atoms with Gasteiger partial charge in [0.25, 0.3) is 0 Å². The normalized spacial score (nSPS) is 31.6. The lowest BCUT2D eigenvalue weighted by Crippen LogP contribution is -2.69. The fraction of sp³-hybridized carbons (Fsp3) is 0.500. The molecule has 9 heteroatoms. The Kier molecular flexibility index (Phi) is 10.1. The van der Waals surface area contributed by atoms with E-state index >= 15 is 0 Å². The zero-order chi connectivity index (χ0) is 35.9. The van der Waals surface area contributed by atoms with Gasteiger partial charge in [-0.25, -0.2) is 0 Å². The van der Waals surface area contributed by atoms with Crippen LogP contribution in [0.15, 0.2) is 54.6 Å². The van der Waals surface area contributed by atoms with Gasteiger partial charge in [0.15, 0.2) is 23.0 Å². The third-order valence-corrected chi connectivity index (χ3v) is 12.5. The summed E-state index contributed by atoms with van der Waals surface area (Å²) in [6.07, 6.45) is 3.36. The number of aliphatic hydroxyl groups is 2. The highest BCUT2D eigenvalue weighted by Gasteiger charge is 2.62. The molecular formula is C42H50N2O7. The van der Waals surface area contributed by atoms with Crippen LogP contribution < -0.4 is 15.4 Å². The van der Waals surface area contributed by atoms with Crippen molar-refractivity contribution in [1.82, 2.24) is 10.6 Å². The van der Waals surface area contributed by atoms with E-state index < -0.39 is 17.4 Å². The molecule has 0 bridgehead atoms. The molecule has 1 saturated heterocycles. The zero-order valence-corrected chi connectivity index (χ0v) is 29.4. The molecule has 4 aliphatic rings. The number of rotatable bonds is 7. The summed E-state index contributed by atoms with van der Waals surface area (Å²) in [6.45, 7) is 0.943. The second kappa shape index (κ2) is 14.5. The van der Waals surface area contributed by atoms with Crippen LogP contribution in [0.4, 0.5) is 0 Å². The molecule has 3 aromatic rings. The molecule has 3 aliphatic carbocycles. The average Bonchev–Trinajstić information content (AvgIpc) is 3.12. The molecule has 1 saturated carbocycles. The highest BCUT2D eigenvalue weighted by molar-refractivity contribution is 5.80. The summed E-state index contributed by atoms with van der Waals surface area (Å²) in [7, 11) is 3.40. The third kappa shape index (κ3) is 6.27. The lowest BCUT2D eigenvalue weighted by Gasteiger charge is -2.63. The van der Waals surface area contributed by atoms with Gasteiger partial charge in [0.05, 0.1) is 19.8 Å². The van der Waals surface area contributed by atoms with Gasteiger partial charge in [0.2, 0.25) is 0 Å². The van der Waals surface area contributed by atoms with Crippen molar-refractivity contribution in [1.29, 1.82) is 0 Å². The molecule has 2 fully saturated rings. The van der Waals surface area contributed by atoms with Crippen molar-refractivity contribution in [2.75, 3.05) is 27.2 Å². The van der Waals surface area contributed by atoms with Crippen LogP contribution in [0, 0.1) is 35.5 Å². The Balaban J connectivity index is 1.41. The van der Waals surface area contributed by atoms with Gasteiger partial charge in [-0.15, -0.1) is 0 Å². The van der Waals surface area contributed by atoms with E-state index in [0.717, 1.165) is 48.9 Å². The number of piperidine rings is 1. The van der Waals surface area contributed by atoms with Crippen molar-refractivity contribution in [3.63, 3.8) is 0 Å². The van der Waals surface area contributed by atoms with Crippen molar-refractivity contribution in [3.8, 4) is 34.8 Å². The number of phenolic OH excluding ortho intramolecular Hbond substituents is 3. The van der Waals surface area contributed by atoms with Crippen LogP contribution in [0.3, 0.4) is 0 Å². The number of aromatic hydroxyl groups is 3. The molecule has 270 valence electrons. The molecule has 1 spiro atoms. The van der Waals surface area contributed by atoms with Crippen LogP contribution in [0.5, 0.6) is 23.0 Å². The van der Waals surface area contributed by atoms with Gasteiger partial charge in [0.1, 0.15) is 5.78 Å². The van der Waals surface area contributed by atoms with Crippen LogP contribution >= 0.6 is 0 Å². The minimum atomic E-state index is -0.996. The van der Waals surface area contributed by atoms with E-state index in [4.69, 9.17) is 4.74 Å². The molecule has 1 heterocycles. The molecule has 0 radical (unpaired) electrons. The smallest absolute Gasteiger partial charge is 0.160 e. The monoisotopic (exact) mass is 694 g/mol. The van der Waals surface area contributed by atoms with Gasteiger partial charge in [0, 0.05) is 61.1 Å². The predicted molar refractivity (Wildman–Crippen MR) is 194 cm³/mol. The number of aliphatic hydroxyl groups excluding tert-OH is 2. The Morgan fingerprint density at radius 2 is 1.76 bits per heavy atom. The number of hydrogen-bond donors (Lipinski definition) is 7. The summed E-state index contributed by atoms with van der Waals surface area (Å²) < 4.78 is 5.47. The van der Waals surface area contributed by atoms with E-state index in [1.807, 2.05) is 25.2 Å². The van der Waals surface area contributed by atoms with Crippen molar-refractivity contribution >= 4 is 5.78 Å². The number of carbonyl (C=O) groups is 1. The Labute approximate surface area is 300 Å². The number of methoxy groups -OCH3 is 1. The summed E-state index contributed by atoms with van der Waals surface area (Å²) in [5.41, 5.74) is 3.59. The van der Waals surface area contributed by atoms with E-state index in [-0.39, 0.29) is 83.9 Å². The van der Waals surface area contributed by atoms with Crippen LogP contribution in [0.1, 0.15) is 78.2 Å². The first-order chi connectivity index (χ1) is 24.7. The van der Waals surface area contributed by atoms with E-state index in [2.05, 4.69) is 34.6 Å². The van der Waals surface area contributed by atoms with Gasteiger partial charge in [-0.1, -0.05) is 48.6 Å².